The maximum atomic E-state index is 12.3. The molecule has 0 fully saturated rings. The van der Waals surface area contributed by atoms with Crippen molar-refractivity contribution in [2.24, 2.45) is 0 Å². The van der Waals surface area contributed by atoms with E-state index < -0.39 is 0 Å². The van der Waals surface area contributed by atoms with Gasteiger partial charge in [0, 0.05) is 16.9 Å². The van der Waals surface area contributed by atoms with Crippen LogP contribution < -0.4 is 10.6 Å². The lowest BCUT2D eigenvalue weighted by Crippen LogP contribution is -2.36. The van der Waals surface area contributed by atoms with Gasteiger partial charge < -0.3 is 15.5 Å². The highest BCUT2D eigenvalue weighted by Crippen LogP contribution is 2.32. The van der Waals surface area contributed by atoms with Gasteiger partial charge >= 0.3 is 6.03 Å². The van der Waals surface area contributed by atoms with Crippen LogP contribution in [0.1, 0.15) is 17.2 Å². The SMILES string of the molecule is Cc1ccccc1NC(=O)NC[C@H](c1csc2ccccc12)N(C)C. The van der Waals surface area contributed by atoms with Crippen LogP contribution in [0.3, 0.4) is 0 Å². The third-order valence-electron chi connectivity index (χ3n) is 4.34. The molecule has 3 rings (SSSR count). The normalized spacial score (nSPS) is 12.3. The summed E-state index contributed by atoms with van der Waals surface area (Å²) in [5.74, 6) is 0. The number of aryl methyl sites for hydroxylation is 1. The van der Waals surface area contributed by atoms with E-state index in [-0.39, 0.29) is 12.1 Å². The second-order valence-corrected chi connectivity index (χ2v) is 7.23. The Morgan fingerprint density at radius 1 is 1.12 bits per heavy atom. The van der Waals surface area contributed by atoms with E-state index in [2.05, 4.69) is 45.2 Å². The van der Waals surface area contributed by atoms with Crippen LogP contribution in [-0.4, -0.2) is 31.6 Å². The van der Waals surface area contributed by atoms with Crippen molar-refractivity contribution in [2.75, 3.05) is 26.0 Å². The van der Waals surface area contributed by atoms with Crippen molar-refractivity contribution in [3.05, 3.63) is 65.0 Å². The predicted molar refractivity (Wildman–Crippen MR) is 106 cm³/mol. The molecule has 5 heteroatoms. The van der Waals surface area contributed by atoms with Gasteiger partial charge in [-0.05, 0) is 55.0 Å². The average Bonchev–Trinajstić information content (AvgIpc) is 3.01. The fourth-order valence-corrected chi connectivity index (χ4v) is 3.90. The lowest BCUT2D eigenvalue weighted by Gasteiger charge is -2.24. The number of hydrogen-bond donors (Lipinski definition) is 2. The van der Waals surface area contributed by atoms with E-state index in [9.17, 15) is 4.79 Å². The molecule has 3 aromatic rings. The molecule has 0 aliphatic rings. The van der Waals surface area contributed by atoms with Crippen LogP contribution in [-0.2, 0) is 0 Å². The van der Waals surface area contributed by atoms with Crippen LogP contribution in [0, 0.1) is 6.92 Å². The number of fused-ring (bicyclic) bond motifs is 1. The highest BCUT2D eigenvalue weighted by molar-refractivity contribution is 7.17. The Bertz CT molecular complexity index is 872. The summed E-state index contributed by atoms with van der Waals surface area (Å²) in [6.07, 6.45) is 0. The second kappa shape index (κ2) is 7.68. The molecule has 1 aromatic heterocycles. The molecule has 0 bridgehead atoms. The molecule has 1 atom stereocenters. The first-order valence-corrected chi connectivity index (χ1v) is 9.17. The van der Waals surface area contributed by atoms with Gasteiger partial charge in [0.1, 0.15) is 0 Å². The Kier molecular flexibility index (Phi) is 5.36. The number of carbonyl (C=O) groups excluding carboxylic acids is 1. The molecule has 2 aromatic carbocycles. The van der Waals surface area contributed by atoms with Crippen molar-refractivity contribution < 1.29 is 4.79 Å². The number of likely N-dealkylation sites (N-methyl/N-ethyl adjacent to an activating group) is 1. The molecule has 0 aliphatic heterocycles. The molecule has 2 N–H and O–H groups in total. The van der Waals surface area contributed by atoms with Gasteiger partial charge in [-0.15, -0.1) is 11.3 Å². The lowest BCUT2D eigenvalue weighted by molar-refractivity contribution is 0.243. The standard InChI is InChI=1S/C20H23N3OS/c1-14-8-4-6-10-17(14)22-20(24)21-12-18(23(2)3)16-13-25-19-11-7-5-9-15(16)19/h4-11,13,18H,12H2,1-3H3,(H2,21,22,24)/t18-/m1/s1. The van der Waals surface area contributed by atoms with Crippen LogP contribution >= 0.6 is 11.3 Å². The largest absolute Gasteiger partial charge is 0.336 e. The van der Waals surface area contributed by atoms with Crippen LogP contribution in [0.5, 0.6) is 0 Å². The Morgan fingerprint density at radius 3 is 2.60 bits per heavy atom. The molecular weight excluding hydrogens is 330 g/mol. The minimum absolute atomic E-state index is 0.124. The van der Waals surface area contributed by atoms with Gasteiger partial charge in [-0.3, -0.25) is 0 Å². The summed E-state index contributed by atoms with van der Waals surface area (Å²) in [7, 11) is 4.08. The van der Waals surface area contributed by atoms with Crippen LogP contribution in [0.2, 0.25) is 0 Å². The van der Waals surface area contributed by atoms with Crippen molar-refractivity contribution in [1.82, 2.24) is 10.2 Å². The molecular formula is C20H23N3OS. The van der Waals surface area contributed by atoms with Crippen LogP contribution in [0.4, 0.5) is 10.5 Å². The second-order valence-electron chi connectivity index (χ2n) is 6.32. The lowest BCUT2D eigenvalue weighted by atomic mass is 10.0. The summed E-state index contributed by atoms with van der Waals surface area (Å²) in [6, 6.07) is 16.1. The number of para-hydroxylation sites is 1. The van der Waals surface area contributed by atoms with E-state index >= 15 is 0 Å². The van der Waals surface area contributed by atoms with E-state index in [1.807, 2.05) is 45.3 Å². The van der Waals surface area contributed by atoms with Gasteiger partial charge in [-0.2, -0.15) is 0 Å². The van der Waals surface area contributed by atoms with Crippen molar-refractivity contribution in [3.8, 4) is 0 Å². The first-order chi connectivity index (χ1) is 12.1. The number of urea groups is 1. The maximum Gasteiger partial charge on any atom is 0.319 e. The van der Waals surface area contributed by atoms with Gasteiger partial charge in [0.15, 0.2) is 0 Å². The zero-order valence-electron chi connectivity index (χ0n) is 14.7. The number of benzene rings is 2. The smallest absolute Gasteiger partial charge is 0.319 e. The highest BCUT2D eigenvalue weighted by Gasteiger charge is 2.19. The van der Waals surface area contributed by atoms with Gasteiger partial charge in [0.2, 0.25) is 0 Å². The topological polar surface area (TPSA) is 44.4 Å². The maximum absolute atomic E-state index is 12.3. The van der Waals surface area contributed by atoms with Crippen molar-refractivity contribution in [2.45, 2.75) is 13.0 Å². The molecule has 25 heavy (non-hydrogen) atoms. The minimum atomic E-state index is -0.180. The summed E-state index contributed by atoms with van der Waals surface area (Å²) in [4.78, 5) is 14.4. The number of amides is 2. The highest BCUT2D eigenvalue weighted by atomic mass is 32.1. The zero-order chi connectivity index (χ0) is 17.8. The van der Waals surface area contributed by atoms with Crippen molar-refractivity contribution in [3.63, 3.8) is 0 Å². The molecule has 4 nitrogen and oxygen atoms in total. The molecule has 1 heterocycles. The number of rotatable bonds is 5. The fourth-order valence-electron chi connectivity index (χ4n) is 2.90. The summed E-state index contributed by atoms with van der Waals surface area (Å²) in [5.41, 5.74) is 3.13. The van der Waals surface area contributed by atoms with Gasteiger partial charge in [-0.1, -0.05) is 36.4 Å². The average molecular weight is 353 g/mol. The monoisotopic (exact) mass is 353 g/mol. The molecule has 2 amide bonds. The molecule has 0 saturated carbocycles. The van der Waals surface area contributed by atoms with E-state index in [0.29, 0.717) is 6.54 Å². The first kappa shape index (κ1) is 17.5. The molecule has 130 valence electrons. The van der Waals surface area contributed by atoms with Crippen LogP contribution in [0.25, 0.3) is 10.1 Å². The molecule has 0 saturated heterocycles. The van der Waals surface area contributed by atoms with Gasteiger partial charge in [0.05, 0.1) is 6.04 Å². The third kappa shape index (κ3) is 4.00. The quantitative estimate of drug-likeness (QED) is 0.702. The molecule has 0 unspecified atom stereocenters. The fraction of sp³-hybridized carbons (Fsp3) is 0.250. The Labute approximate surface area is 152 Å². The van der Waals surface area contributed by atoms with Crippen molar-refractivity contribution >= 4 is 33.1 Å². The number of hydrogen-bond acceptors (Lipinski definition) is 3. The van der Waals surface area contributed by atoms with E-state index in [1.54, 1.807) is 11.3 Å². The van der Waals surface area contributed by atoms with E-state index in [4.69, 9.17) is 0 Å². The summed E-state index contributed by atoms with van der Waals surface area (Å²) in [5, 5.41) is 9.37. The van der Waals surface area contributed by atoms with Crippen LogP contribution in [0.15, 0.2) is 53.9 Å². The Hall–Kier alpha value is -2.37. The first-order valence-electron chi connectivity index (χ1n) is 8.29. The summed E-state index contributed by atoms with van der Waals surface area (Å²) >= 11 is 1.74. The summed E-state index contributed by atoms with van der Waals surface area (Å²) < 4.78 is 1.27. The summed E-state index contributed by atoms with van der Waals surface area (Å²) in [6.45, 7) is 2.53. The molecule has 0 spiro atoms. The van der Waals surface area contributed by atoms with Crippen molar-refractivity contribution in [1.29, 1.82) is 0 Å². The number of nitrogens with one attached hydrogen (secondary N) is 2. The Balaban J connectivity index is 1.70. The number of nitrogens with zero attached hydrogens (tertiary/aromatic N) is 1. The number of anilines is 1. The van der Waals surface area contributed by atoms with Gasteiger partial charge in [0.25, 0.3) is 0 Å². The number of thiophene rings is 1. The molecule has 0 radical (unpaired) electrons. The zero-order valence-corrected chi connectivity index (χ0v) is 15.6. The third-order valence-corrected chi connectivity index (χ3v) is 5.32. The Morgan fingerprint density at radius 2 is 1.84 bits per heavy atom. The van der Waals surface area contributed by atoms with E-state index in [1.165, 1.54) is 15.6 Å². The molecule has 0 aliphatic carbocycles. The van der Waals surface area contributed by atoms with Gasteiger partial charge in [-0.25, -0.2) is 4.79 Å². The number of carbonyl (C=O) groups is 1. The van der Waals surface area contributed by atoms with E-state index in [0.717, 1.165) is 11.3 Å². The predicted octanol–water partition coefficient (Wildman–Crippen LogP) is 4.63. The minimum Gasteiger partial charge on any atom is -0.336 e.